The summed E-state index contributed by atoms with van der Waals surface area (Å²) in [7, 11) is 0. The molecule has 0 atom stereocenters. The average Bonchev–Trinajstić information content (AvgIpc) is 3.08. The van der Waals surface area contributed by atoms with E-state index in [0.717, 1.165) is 37.8 Å². The quantitative estimate of drug-likeness (QED) is 0.867. The molecule has 0 bridgehead atoms. The first-order valence-electron chi connectivity index (χ1n) is 7.33. The van der Waals surface area contributed by atoms with Gasteiger partial charge < -0.3 is 14.6 Å². The van der Waals surface area contributed by atoms with Crippen molar-refractivity contribution in [3.8, 4) is 0 Å². The monoisotopic (exact) mass is 301 g/mol. The fraction of sp³-hybridized carbons (Fsp3) is 0.400. The smallest absolute Gasteiger partial charge is 0.234 e. The van der Waals surface area contributed by atoms with E-state index in [4.69, 9.17) is 4.42 Å². The number of furan rings is 1. The van der Waals surface area contributed by atoms with E-state index in [1.54, 1.807) is 24.9 Å². The van der Waals surface area contributed by atoms with Crippen molar-refractivity contribution in [3.63, 3.8) is 0 Å². The molecule has 116 valence electrons. The van der Waals surface area contributed by atoms with Gasteiger partial charge in [-0.1, -0.05) is 0 Å². The van der Waals surface area contributed by atoms with Crippen LogP contribution < -0.4 is 10.2 Å². The molecule has 0 aliphatic carbocycles. The SMILES string of the molecule is O=C(CN1CCN(c2cnccn2)CC1)NCc1ccco1. The van der Waals surface area contributed by atoms with Crippen molar-refractivity contribution in [2.24, 2.45) is 0 Å². The van der Waals surface area contributed by atoms with Gasteiger partial charge in [-0.2, -0.15) is 0 Å². The van der Waals surface area contributed by atoms with E-state index in [2.05, 4.69) is 25.1 Å². The lowest BCUT2D eigenvalue weighted by Gasteiger charge is -2.34. The van der Waals surface area contributed by atoms with Gasteiger partial charge in [-0.05, 0) is 12.1 Å². The van der Waals surface area contributed by atoms with Gasteiger partial charge in [0.15, 0.2) is 0 Å². The van der Waals surface area contributed by atoms with E-state index in [1.165, 1.54) is 0 Å². The summed E-state index contributed by atoms with van der Waals surface area (Å²) in [6.07, 6.45) is 6.74. The van der Waals surface area contributed by atoms with Crippen molar-refractivity contribution >= 4 is 11.7 Å². The summed E-state index contributed by atoms with van der Waals surface area (Å²) in [5.74, 6) is 1.68. The van der Waals surface area contributed by atoms with E-state index >= 15 is 0 Å². The Morgan fingerprint density at radius 2 is 2.14 bits per heavy atom. The summed E-state index contributed by atoms with van der Waals surface area (Å²) in [6.45, 7) is 4.23. The highest BCUT2D eigenvalue weighted by atomic mass is 16.3. The third-order valence-corrected chi connectivity index (χ3v) is 3.65. The minimum Gasteiger partial charge on any atom is -0.467 e. The van der Waals surface area contributed by atoms with Crippen LogP contribution >= 0.6 is 0 Å². The molecule has 2 aromatic heterocycles. The predicted octanol–water partition coefficient (Wildman–Crippen LogP) is 0.508. The Kier molecular flexibility index (Phi) is 4.65. The van der Waals surface area contributed by atoms with Crippen LogP contribution in [-0.2, 0) is 11.3 Å². The lowest BCUT2D eigenvalue weighted by Crippen LogP contribution is -2.49. The van der Waals surface area contributed by atoms with Crippen LogP contribution in [0.3, 0.4) is 0 Å². The van der Waals surface area contributed by atoms with Gasteiger partial charge in [0.25, 0.3) is 0 Å². The van der Waals surface area contributed by atoms with E-state index in [0.29, 0.717) is 13.1 Å². The van der Waals surface area contributed by atoms with E-state index in [-0.39, 0.29) is 5.91 Å². The molecule has 0 saturated carbocycles. The van der Waals surface area contributed by atoms with Gasteiger partial charge in [0.2, 0.25) is 5.91 Å². The van der Waals surface area contributed by atoms with E-state index in [1.807, 2.05) is 12.1 Å². The highest BCUT2D eigenvalue weighted by Crippen LogP contribution is 2.11. The highest BCUT2D eigenvalue weighted by molar-refractivity contribution is 5.77. The molecule has 0 aromatic carbocycles. The van der Waals surface area contributed by atoms with Gasteiger partial charge in [-0.15, -0.1) is 0 Å². The van der Waals surface area contributed by atoms with Crippen molar-refractivity contribution in [2.75, 3.05) is 37.6 Å². The minimum atomic E-state index is 0.0179. The lowest BCUT2D eigenvalue weighted by atomic mass is 10.3. The second-order valence-corrected chi connectivity index (χ2v) is 5.18. The zero-order valence-corrected chi connectivity index (χ0v) is 12.3. The topological polar surface area (TPSA) is 74.5 Å². The summed E-state index contributed by atoms with van der Waals surface area (Å²) >= 11 is 0. The van der Waals surface area contributed by atoms with Crippen molar-refractivity contribution in [1.29, 1.82) is 0 Å². The third kappa shape index (κ3) is 3.82. The van der Waals surface area contributed by atoms with Crippen LogP contribution in [0.1, 0.15) is 5.76 Å². The molecule has 1 aliphatic heterocycles. The predicted molar refractivity (Wildman–Crippen MR) is 81.2 cm³/mol. The molecule has 1 aliphatic rings. The van der Waals surface area contributed by atoms with Crippen LogP contribution in [0, 0.1) is 0 Å². The van der Waals surface area contributed by atoms with Crippen LogP contribution in [0.2, 0.25) is 0 Å². The van der Waals surface area contributed by atoms with Crippen LogP contribution in [-0.4, -0.2) is 53.5 Å². The summed E-state index contributed by atoms with van der Waals surface area (Å²) < 4.78 is 5.19. The molecule has 3 rings (SSSR count). The maximum atomic E-state index is 11.9. The Morgan fingerprint density at radius 1 is 1.27 bits per heavy atom. The van der Waals surface area contributed by atoms with Crippen LogP contribution in [0.4, 0.5) is 5.82 Å². The van der Waals surface area contributed by atoms with Gasteiger partial charge in [0, 0.05) is 38.6 Å². The normalized spacial score (nSPS) is 15.7. The molecule has 1 amide bonds. The maximum absolute atomic E-state index is 11.9. The van der Waals surface area contributed by atoms with Gasteiger partial charge in [-0.25, -0.2) is 4.98 Å². The second kappa shape index (κ2) is 7.04. The fourth-order valence-corrected chi connectivity index (χ4v) is 2.45. The number of amides is 1. The summed E-state index contributed by atoms with van der Waals surface area (Å²) in [6, 6.07) is 3.66. The van der Waals surface area contributed by atoms with Gasteiger partial charge >= 0.3 is 0 Å². The number of hydrogen-bond donors (Lipinski definition) is 1. The molecular weight excluding hydrogens is 282 g/mol. The third-order valence-electron chi connectivity index (χ3n) is 3.65. The first-order valence-corrected chi connectivity index (χ1v) is 7.33. The first-order chi connectivity index (χ1) is 10.8. The van der Waals surface area contributed by atoms with Gasteiger partial charge in [-0.3, -0.25) is 14.7 Å². The van der Waals surface area contributed by atoms with Gasteiger partial charge in [0.05, 0.1) is 25.5 Å². The summed E-state index contributed by atoms with van der Waals surface area (Å²) in [5.41, 5.74) is 0. The number of aromatic nitrogens is 2. The van der Waals surface area contributed by atoms with Crippen LogP contribution in [0.5, 0.6) is 0 Å². The Hall–Kier alpha value is -2.41. The standard InChI is InChI=1S/C15H19N5O2/c21-15(18-10-13-2-1-9-22-13)12-19-5-7-20(8-6-19)14-11-16-3-4-17-14/h1-4,9,11H,5-8,10,12H2,(H,18,21). The Morgan fingerprint density at radius 3 is 2.82 bits per heavy atom. The van der Waals surface area contributed by atoms with Crippen molar-refractivity contribution in [1.82, 2.24) is 20.2 Å². The Labute approximate surface area is 129 Å². The van der Waals surface area contributed by atoms with E-state index < -0.39 is 0 Å². The second-order valence-electron chi connectivity index (χ2n) is 5.18. The Bertz CT molecular complexity index is 579. The number of hydrogen-bond acceptors (Lipinski definition) is 6. The number of rotatable bonds is 5. The molecule has 1 saturated heterocycles. The lowest BCUT2D eigenvalue weighted by molar-refractivity contribution is -0.122. The molecule has 7 nitrogen and oxygen atoms in total. The minimum absolute atomic E-state index is 0.0179. The van der Waals surface area contributed by atoms with Crippen LogP contribution in [0.25, 0.3) is 0 Å². The molecule has 7 heteroatoms. The summed E-state index contributed by atoms with van der Waals surface area (Å²) in [5, 5.41) is 2.86. The zero-order valence-electron chi connectivity index (χ0n) is 12.3. The van der Waals surface area contributed by atoms with Crippen LogP contribution in [0.15, 0.2) is 41.4 Å². The largest absolute Gasteiger partial charge is 0.467 e. The molecule has 0 spiro atoms. The maximum Gasteiger partial charge on any atom is 0.234 e. The molecule has 1 fully saturated rings. The number of nitrogens with zero attached hydrogens (tertiary/aromatic N) is 4. The molecule has 1 N–H and O–H groups in total. The molecule has 2 aromatic rings. The summed E-state index contributed by atoms with van der Waals surface area (Å²) in [4.78, 5) is 24.6. The highest BCUT2D eigenvalue weighted by Gasteiger charge is 2.19. The first kappa shape index (κ1) is 14.5. The van der Waals surface area contributed by atoms with Crippen molar-refractivity contribution in [2.45, 2.75) is 6.54 Å². The number of carbonyl (C=O) groups is 1. The molecule has 3 heterocycles. The molecular formula is C15H19N5O2. The fourth-order valence-electron chi connectivity index (χ4n) is 2.45. The number of piperazine rings is 1. The number of anilines is 1. The average molecular weight is 301 g/mol. The number of nitrogens with one attached hydrogen (secondary N) is 1. The Balaban J connectivity index is 1.41. The molecule has 0 radical (unpaired) electrons. The van der Waals surface area contributed by atoms with E-state index in [9.17, 15) is 4.79 Å². The number of carbonyl (C=O) groups excluding carboxylic acids is 1. The molecule has 0 unspecified atom stereocenters. The molecule has 22 heavy (non-hydrogen) atoms. The van der Waals surface area contributed by atoms with Crippen molar-refractivity contribution < 1.29 is 9.21 Å². The zero-order chi connectivity index (χ0) is 15.2. The van der Waals surface area contributed by atoms with Crippen molar-refractivity contribution in [3.05, 3.63) is 42.7 Å². The van der Waals surface area contributed by atoms with Gasteiger partial charge in [0.1, 0.15) is 11.6 Å².